The van der Waals surface area contributed by atoms with Crippen molar-refractivity contribution in [3.8, 4) is 0 Å². The molecule has 1 amide bonds. The molecule has 0 saturated carbocycles. The molecular weight excluding hydrogens is 406 g/mol. The Hall–Kier alpha value is -1.54. The van der Waals surface area contributed by atoms with Crippen molar-refractivity contribution in [1.29, 1.82) is 0 Å². The molecule has 1 heterocycles. The third kappa shape index (κ3) is 5.23. The van der Waals surface area contributed by atoms with Crippen LogP contribution in [0.25, 0.3) is 0 Å². The number of sulfone groups is 1. The summed E-state index contributed by atoms with van der Waals surface area (Å²) in [5.41, 5.74) is 2.03. The molecule has 2 rings (SSSR count). The highest BCUT2D eigenvalue weighted by molar-refractivity contribution is 7.91. The fraction of sp³-hybridized carbons (Fsp3) is 0.462. The monoisotopic (exact) mass is 425 g/mol. The molecule has 1 aromatic rings. The van der Waals surface area contributed by atoms with Gasteiger partial charge in [-0.3, -0.25) is 10.2 Å². The number of carbonyl (C=O) groups is 1. The minimum absolute atomic E-state index is 0.0263. The van der Waals surface area contributed by atoms with E-state index < -0.39 is 35.8 Å². The molecule has 0 radical (unpaired) electrons. The zero-order chi connectivity index (χ0) is 19.6. The molecule has 10 nitrogen and oxygen atoms in total. The minimum Gasteiger partial charge on any atom is -0.278 e. The van der Waals surface area contributed by atoms with Gasteiger partial charge in [0.15, 0.2) is 9.84 Å². The van der Waals surface area contributed by atoms with Crippen molar-refractivity contribution in [2.75, 3.05) is 18.6 Å². The summed E-state index contributed by atoms with van der Waals surface area (Å²) in [5, 5.41) is 0. The summed E-state index contributed by atoms with van der Waals surface area (Å²) in [4.78, 5) is 13.3. The fourth-order valence-electron chi connectivity index (χ4n) is 2.45. The Morgan fingerprint density at radius 1 is 1.08 bits per heavy atom. The molecule has 0 spiro atoms. The number of benzene rings is 1. The molecule has 1 aromatic carbocycles. The van der Waals surface area contributed by atoms with Gasteiger partial charge in [-0.25, -0.2) is 30.0 Å². The summed E-state index contributed by atoms with van der Waals surface area (Å²) >= 11 is 0. The first-order chi connectivity index (χ1) is 12.0. The van der Waals surface area contributed by atoms with E-state index in [1.165, 1.54) is 7.05 Å². The molecule has 13 heteroatoms. The van der Waals surface area contributed by atoms with Gasteiger partial charge in [-0.15, -0.1) is 4.83 Å². The number of rotatable bonds is 7. The number of nitrogens with one attached hydrogen (secondary N) is 3. The van der Waals surface area contributed by atoms with Gasteiger partial charge in [0.05, 0.1) is 21.3 Å². The second-order valence-electron chi connectivity index (χ2n) is 5.81. The smallest absolute Gasteiger partial charge is 0.257 e. The largest absolute Gasteiger partial charge is 0.278 e. The van der Waals surface area contributed by atoms with Gasteiger partial charge in [-0.1, -0.05) is 0 Å². The maximum atomic E-state index is 12.1. The second-order valence-corrected chi connectivity index (χ2v) is 11.6. The van der Waals surface area contributed by atoms with Gasteiger partial charge < -0.3 is 0 Å². The number of hydrogen-bond acceptors (Lipinski definition) is 7. The fourth-order valence-corrected chi connectivity index (χ4v) is 5.90. The summed E-state index contributed by atoms with van der Waals surface area (Å²) in [5.74, 6) is -1.05. The van der Waals surface area contributed by atoms with E-state index in [0.29, 0.717) is 6.42 Å². The van der Waals surface area contributed by atoms with E-state index in [1.54, 1.807) is 0 Å². The van der Waals surface area contributed by atoms with Crippen molar-refractivity contribution in [2.45, 2.75) is 22.6 Å². The van der Waals surface area contributed by atoms with Crippen molar-refractivity contribution in [3.63, 3.8) is 0 Å². The third-order valence-electron chi connectivity index (χ3n) is 3.84. The Kier molecular flexibility index (Phi) is 6.07. The molecule has 0 bridgehead atoms. The SMILES string of the molecule is CNS(=O)(=O)c1ccc(S(=O)(=O)NNC(=O)C[C@H]2CCS(=O)(=O)C2)cc1. The Bertz CT molecular complexity index is 984. The molecular formula is C13H19N3O7S3. The lowest BCUT2D eigenvalue weighted by Gasteiger charge is -2.11. The van der Waals surface area contributed by atoms with Crippen LogP contribution >= 0.6 is 0 Å². The normalized spacial score (nSPS) is 20.0. The molecule has 146 valence electrons. The third-order valence-corrected chi connectivity index (χ3v) is 8.37. The molecule has 3 N–H and O–H groups in total. The zero-order valence-corrected chi connectivity index (χ0v) is 16.2. The number of hydrazine groups is 1. The van der Waals surface area contributed by atoms with Gasteiger partial charge in [0.1, 0.15) is 0 Å². The Morgan fingerprint density at radius 3 is 2.08 bits per heavy atom. The van der Waals surface area contributed by atoms with E-state index >= 15 is 0 Å². The summed E-state index contributed by atoms with van der Waals surface area (Å²) < 4.78 is 72.3. The number of sulfonamides is 2. The highest BCUT2D eigenvalue weighted by atomic mass is 32.2. The van der Waals surface area contributed by atoms with E-state index in [9.17, 15) is 30.0 Å². The van der Waals surface area contributed by atoms with Crippen LogP contribution in [-0.2, 0) is 34.7 Å². The van der Waals surface area contributed by atoms with Crippen LogP contribution in [0, 0.1) is 5.92 Å². The summed E-state index contributed by atoms with van der Waals surface area (Å²) in [6, 6.07) is 4.40. The van der Waals surface area contributed by atoms with Gasteiger partial charge >= 0.3 is 0 Å². The molecule has 1 saturated heterocycles. The van der Waals surface area contributed by atoms with Crippen LogP contribution in [-0.4, -0.2) is 49.7 Å². The minimum atomic E-state index is -4.10. The van der Waals surface area contributed by atoms with Gasteiger partial charge in [0, 0.05) is 6.42 Å². The van der Waals surface area contributed by atoms with Crippen LogP contribution in [0.5, 0.6) is 0 Å². The van der Waals surface area contributed by atoms with E-state index in [-0.39, 0.29) is 33.6 Å². The number of carbonyl (C=O) groups excluding carboxylic acids is 1. The van der Waals surface area contributed by atoms with Crippen LogP contribution in [0.3, 0.4) is 0 Å². The average molecular weight is 426 g/mol. The van der Waals surface area contributed by atoms with Crippen LogP contribution in [0.2, 0.25) is 0 Å². The first kappa shape index (κ1) is 20.8. The average Bonchev–Trinajstić information content (AvgIpc) is 2.91. The highest BCUT2D eigenvalue weighted by Gasteiger charge is 2.29. The van der Waals surface area contributed by atoms with Crippen molar-refractivity contribution < 1.29 is 30.0 Å². The van der Waals surface area contributed by atoms with E-state index in [4.69, 9.17) is 0 Å². The van der Waals surface area contributed by atoms with Gasteiger partial charge in [0.25, 0.3) is 10.0 Å². The van der Waals surface area contributed by atoms with Crippen molar-refractivity contribution in [3.05, 3.63) is 24.3 Å². The lowest BCUT2D eigenvalue weighted by atomic mass is 10.1. The first-order valence-electron chi connectivity index (χ1n) is 7.50. The predicted octanol–water partition coefficient (Wildman–Crippen LogP) is -1.27. The van der Waals surface area contributed by atoms with Crippen LogP contribution in [0.4, 0.5) is 0 Å². The maximum absolute atomic E-state index is 12.1. The lowest BCUT2D eigenvalue weighted by Crippen LogP contribution is -2.42. The summed E-state index contributed by atoms with van der Waals surface area (Å²) in [7, 11) is -9.68. The second kappa shape index (κ2) is 7.60. The first-order valence-corrected chi connectivity index (χ1v) is 12.3. The molecule has 26 heavy (non-hydrogen) atoms. The highest BCUT2D eigenvalue weighted by Crippen LogP contribution is 2.21. The molecule has 1 fully saturated rings. The van der Waals surface area contributed by atoms with Crippen LogP contribution in [0.15, 0.2) is 34.1 Å². The van der Waals surface area contributed by atoms with Crippen molar-refractivity contribution in [2.24, 2.45) is 5.92 Å². The standard InChI is InChI=1S/C13H19N3O7S3/c1-14-25(20,21)11-2-4-12(5-3-11)26(22,23)16-15-13(17)8-10-6-7-24(18,19)9-10/h2-5,10,14,16H,6-9H2,1H3,(H,15,17)/t10-/m1/s1. The van der Waals surface area contributed by atoms with E-state index in [1.807, 2.05) is 10.3 Å². The van der Waals surface area contributed by atoms with Gasteiger partial charge in [-0.05, 0) is 43.7 Å². The van der Waals surface area contributed by atoms with Gasteiger partial charge in [0.2, 0.25) is 15.9 Å². The number of hydrogen-bond donors (Lipinski definition) is 3. The van der Waals surface area contributed by atoms with Crippen molar-refractivity contribution in [1.82, 2.24) is 15.0 Å². The quantitative estimate of drug-likeness (QED) is 0.460. The Balaban J connectivity index is 1.97. The topological polar surface area (TPSA) is 156 Å². The summed E-state index contributed by atoms with van der Waals surface area (Å²) in [6.07, 6.45) is 0.255. The molecule has 1 aliphatic heterocycles. The zero-order valence-electron chi connectivity index (χ0n) is 13.8. The van der Waals surface area contributed by atoms with Crippen LogP contribution in [0.1, 0.15) is 12.8 Å². The molecule has 1 aliphatic rings. The van der Waals surface area contributed by atoms with E-state index in [0.717, 1.165) is 24.3 Å². The lowest BCUT2D eigenvalue weighted by molar-refractivity contribution is -0.122. The Morgan fingerprint density at radius 2 is 1.62 bits per heavy atom. The molecule has 0 unspecified atom stereocenters. The van der Waals surface area contributed by atoms with Crippen LogP contribution < -0.4 is 15.0 Å². The predicted molar refractivity (Wildman–Crippen MR) is 92.5 cm³/mol. The number of amides is 1. The van der Waals surface area contributed by atoms with Crippen molar-refractivity contribution >= 4 is 35.8 Å². The van der Waals surface area contributed by atoms with E-state index in [2.05, 4.69) is 4.72 Å². The maximum Gasteiger partial charge on any atom is 0.257 e. The Labute approximate surface area is 152 Å². The molecule has 1 atom stereocenters. The molecule has 0 aliphatic carbocycles. The molecule has 0 aromatic heterocycles. The summed E-state index contributed by atoms with van der Waals surface area (Å²) in [6.45, 7) is 0. The van der Waals surface area contributed by atoms with Gasteiger partial charge in [-0.2, -0.15) is 0 Å².